The molecule has 0 fully saturated rings. The van der Waals surface area contributed by atoms with E-state index in [0.29, 0.717) is 34.1 Å². The number of ether oxygens (including phenoxy) is 3. The molecule has 0 atom stereocenters. The molecule has 0 amide bonds. The highest BCUT2D eigenvalue weighted by molar-refractivity contribution is 7.17. The van der Waals surface area contributed by atoms with Gasteiger partial charge < -0.3 is 19.2 Å². The van der Waals surface area contributed by atoms with Crippen molar-refractivity contribution in [3.63, 3.8) is 0 Å². The summed E-state index contributed by atoms with van der Waals surface area (Å²) in [5, 5.41) is 2.54. The van der Waals surface area contributed by atoms with E-state index in [1.807, 2.05) is 54.8 Å². The highest BCUT2D eigenvalue weighted by Crippen LogP contribution is 2.34. The van der Waals surface area contributed by atoms with E-state index in [2.05, 4.69) is 9.97 Å². The highest BCUT2D eigenvalue weighted by Gasteiger charge is 2.15. The van der Waals surface area contributed by atoms with Crippen LogP contribution < -0.4 is 19.8 Å². The Kier molecular flexibility index (Phi) is 5.22. The summed E-state index contributed by atoms with van der Waals surface area (Å²) in [6, 6.07) is 13.1. The fraction of sp³-hybridized carbons (Fsp3) is 0.182. The minimum Gasteiger partial charge on any atom is -0.497 e. The third-order valence-corrected chi connectivity index (χ3v) is 5.45. The lowest BCUT2D eigenvalue weighted by Crippen LogP contribution is -2.09. The molecule has 4 rings (SSSR count). The van der Waals surface area contributed by atoms with Crippen LogP contribution in [0.25, 0.3) is 32.7 Å². The summed E-state index contributed by atoms with van der Waals surface area (Å²) in [5.74, 6) is 2.51. The molecule has 0 bridgehead atoms. The molecule has 0 aliphatic rings. The summed E-state index contributed by atoms with van der Waals surface area (Å²) in [4.78, 5) is 21.2. The van der Waals surface area contributed by atoms with Gasteiger partial charge >= 0.3 is 0 Å². The molecule has 148 valence electrons. The Morgan fingerprint density at radius 2 is 1.76 bits per heavy atom. The molecule has 0 radical (unpaired) electrons. The van der Waals surface area contributed by atoms with Gasteiger partial charge in [0.25, 0.3) is 5.56 Å². The van der Waals surface area contributed by atoms with Crippen LogP contribution >= 0.6 is 11.3 Å². The molecule has 0 aliphatic carbocycles. The molecule has 4 aromatic rings. The fourth-order valence-corrected chi connectivity index (χ4v) is 4.11. The second-order valence-electron chi connectivity index (χ2n) is 6.27. The molecule has 0 saturated carbocycles. The van der Waals surface area contributed by atoms with E-state index in [-0.39, 0.29) is 5.56 Å². The fourth-order valence-electron chi connectivity index (χ4n) is 3.16. The monoisotopic (exact) mass is 408 g/mol. The number of hydrogen-bond acceptors (Lipinski definition) is 6. The van der Waals surface area contributed by atoms with Crippen LogP contribution in [0.4, 0.5) is 0 Å². The molecule has 2 aromatic carbocycles. The van der Waals surface area contributed by atoms with E-state index < -0.39 is 0 Å². The van der Waals surface area contributed by atoms with Crippen LogP contribution in [0.1, 0.15) is 6.92 Å². The molecule has 2 heterocycles. The topological polar surface area (TPSA) is 73.4 Å². The maximum Gasteiger partial charge on any atom is 0.260 e. The zero-order chi connectivity index (χ0) is 20.4. The van der Waals surface area contributed by atoms with Crippen LogP contribution in [0.15, 0.2) is 52.6 Å². The van der Waals surface area contributed by atoms with Crippen LogP contribution in [-0.4, -0.2) is 30.8 Å². The predicted octanol–water partition coefficient (Wildman–Crippen LogP) is 4.73. The van der Waals surface area contributed by atoms with E-state index >= 15 is 0 Å². The van der Waals surface area contributed by atoms with Crippen molar-refractivity contribution in [3.8, 4) is 39.8 Å². The van der Waals surface area contributed by atoms with Crippen LogP contribution in [0, 0.1) is 0 Å². The van der Waals surface area contributed by atoms with Crippen molar-refractivity contribution in [1.82, 2.24) is 9.97 Å². The lowest BCUT2D eigenvalue weighted by molar-refractivity contribution is 0.311. The van der Waals surface area contributed by atoms with Crippen molar-refractivity contribution in [2.75, 3.05) is 20.8 Å². The SMILES string of the molecule is CCOc1ccc(-c2nc3scc(-c4ccc(OC)cc4)c3c(=O)[nH]2)cc1OC. The number of aromatic nitrogens is 2. The summed E-state index contributed by atoms with van der Waals surface area (Å²) >= 11 is 1.44. The maximum atomic E-state index is 12.9. The smallest absolute Gasteiger partial charge is 0.260 e. The minimum atomic E-state index is -0.176. The molecule has 0 spiro atoms. The molecule has 0 aliphatic heterocycles. The molecule has 0 unspecified atom stereocenters. The molecule has 6 nitrogen and oxygen atoms in total. The summed E-state index contributed by atoms with van der Waals surface area (Å²) in [7, 11) is 3.21. The molecule has 0 saturated heterocycles. The third-order valence-electron chi connectivity index (χ3n) is 4.58. The number of fused-ring (bicyclic) bond motifs is 1. The van der Waals surface area contributed by atoms with Gasteiger partial charge in [-0.25, -0.2) is 4.98 Å². The average molecular weight is 408 g/mol. The Hall–Kier alpha value is -3.32. The van der Waals surface area contributed by atoms with Crippen LogP contribution in [0.3, 0.4) is 0 Å². The summed E-state index contributed by atoms with van der Waals surface area (Å²) in [6.45, 7) is 2.46. The number of aromatic amines is 1. The van der Waals surface area contributed by atoms with E-state index in [1.54, 1.807) is 14.2 Å². The van der Waals surface area contributed by atoms with Crippen LogP contribution in [0.5, 0.6) is 17.2 Å². The van der Waals surface area contributed by atoms with Crippen molar-refractivity contribution in [3.05, 3.63) is 58.2 Å². The van der Waals surface area contributed by atoms with Gasteiger partial charge in [-0.1, -0.05) is 12.1 Å². The number of H-pyrrole nitrogens is 1. The van der Waals surface area contributed by atoms with Gasteiger partial charge in [-0.05, 0) is 42.8 Å². The summed E-state index contributed by atoms with van der Waals surface area (Å²) < 4.78 is 16.2. The first-order valence-electron chi connectivity index (χ1n) is 9.11. The first-order chi connectivity index (χ1) is 14.1. The number of nitrogens with one attached hydrogen (secondary N) is 1. The average Bonchev–Trinajstić information content (AvgIpc) is 3.19. The highest BCUT2D eigenvalue weighted by atomic mass is 32.1. The molecular formula is C22H20N2O4S. The lowest BCUT2D eigenvalue weighted by atomic mass is 10.1. The first kappa shape index (κ1) is 19.0. The molecular weight excluding hydrogens is 388 g/mol. The van der Waals surface area contributed by atoms with Crippen molar-refractivity contribution in [2.24, 2.45) is 0 Å². The third kappa shape index (κ3) is 3.56. The number of hydrogen-bond donors (Lipinski definition) is 1. The number of thiophene rings is 1. The van der Waals surface area contributed by atoms with Gasteiger partial charge in [-0.15, -0.1) is 11.3 Å². The summed E-state index contributed by atoms with van der Waals surface area (Å²) in [6.07, 6.45) is 0. The van der Waals surface area contributed by atoms with E-state index in [1.165, 1.54) is 11.3 Å². The Bertz CT molecular complexity index is 1210. The zero-order valence-corrected chi connectivity index (χ0v) is 17.1. The Morgan fingerprint density at radius 1 is 1.00 bits per heavy atom. The molecule has 1 N–H and O–H groups in total. The van der Waals surface area contributed by atoms with Gasteiger partial charge in [0.15, 0.2) is 11.5 Å². The molecule has 2 aromatic heterocycles. The largest absolute Gasteiger partial charge is 0.497 e. The standard InChI is InChI=1S/C22H20N2O4S/c1-4-28-17-10-7-14(11-18(17)27-3)20-23-21(25)19-16(12-29-22(19)24-20)13-5-8-15(26-2)9-6-13/h5-12H,4H2,1-3H3,(H,23,24,25). The Labute approximate surface area is 171 Å². The van der Waals surface area contributed by atoms with Gasteiger partial charge in [0.1, 0.15) is 16.4 Å². The number of benzene rings is 2. The molecule has 29 heavy (non-hydrogen) atoms. The Balaban J connectivity index is 1.78. The van der Waals surface area contributed by atoms with E-state index in [0.717, 1.165) is 22.4 Å². The maximum absolute atomic E-state index is 12.9. The molecule has 7 heteroatoms. The number of nitrogens with zero attached hydrogens (tertiary/aromatic N) is 1. The van der Waals surface area contributed by atoms with Gasteiger partial charge in [0.2, 0.25) is 0 Å². The predicted molar refractivity (Wildman–Crippen MR) is 115 cm³/mol. The van der Waals surface area contributed by atoms with Crippen molar-refractivity contribution in [1.29, 1.82) is 0 Å². The second-order valence-corrected chi connectivity index (χ2v) is 7.13. The van der Waals surface area contributed by atoms with Gasteiger partial charge in [0.05, 0.1) is 26.2 Å². The van der Waals surface area contributed by atoms with E-state index in [9.17, 15) is 4.79 Å². The van der Waals surface area contributed by atoms with Crippen LogP contribution in [0.2, 0.25) is 0 Å². The van der Waals surface area contributed by atoms with Gasteiger partial charge in [-0.2, -0.15) is 0 Å². The Morgan fingerprint density at radius 3 is 2.45 bits per heavy atom. The van der Waals surface area contributed by atoms with Crippen molar-refractivity contribution >= 4 is 21.6 Å². The quantitative estimate of drug-likeness (QED) is 0.499. The second kappa shape index (κ2) is 7.97. The first-order valence-corrected chi connectivity index (χ1v) is 9.99. The van der Waals surface area contributed by atoms with Crippen molar-refractivity contribution < 1.29 is 14.2 Å². The normalized spacial score (nSPS) is 10.9. The van der Waals surface area contributed by atoms with Crippen LogP contribution in [-0.2, 0) is 0 Å². The van der Waals surface area contributed by atoms with Crippen molar-refractivity contribution in [2.45, 2.75) is 6.92 Å². The van der Waals surface area contributed by atoms with Gasteiger partial charge in [0, 0.05) is 16.5 Å². The zero-order valence-electron chi connectivity index (χ0n) is 16.3. The lowest BCUT2D eigenvalue weighted by Gasteiger charge is -2.10. The summed E-state index contributed by atoms with van der Waals surface area (Å²) in [5.41, 5.74) is 2.38. The van der Waals surface area contributed by atoms with Gasteiger partial charge in [-0.3, -0.25) is 4.79 Å². The minimum absolute atomic E-state index is 0.176. The number of rotatable bonds is 6. The van der Waals surface area contributed by atoms with E-state index in [4.69, 9.17) is 14.2 Å². The number of methoxy groups -OCH3 is 2.